The van der Waals surface area contributed by atoms with Crippen LogP contribution in [-0.4, -0.2) is 4.57 Å². The number of halogens is 1. The molecule has 0 unspecified atom stereocenters. The summed E-state index contributed by atoms with van der Waals surface area (Å²) in [6.45, 7) is 0. The molecule has 0 spiro atoms. The normalized spacial score (nSPS) is 17.7. The summed E-state index contributed by atoms with van der Waals surface area (Å²) < 4.78 is 3.65. The van der Waals surface area contributed by atoms with E-state index in [1.54, 1.807) is 11.3 Å². The Morgan fingerprint density at radius 2 is 1.87 bits per heavy atom. The first kappa shape index (κ1) is 19.2. The van der Waals surface area contributed by atoms with E-state index in [-0.39, 0.29) is 11.6 Å². The molecule has 3 nitrogen and oxygen atoms in total. The lowest BCUT2D eigenvalue weighted by atomic mass is 9.85. The smallest absolute Gasteiger partial charge is 0.271 e. The van der Waals surface area contributed by atoms with Crippen LogP contribution in [0.4, 0.5) is 0 Å². The van der Waals surface area contributed by atoms with Crippen LogP contribution in [0.1, 0.15) is 34.0 Å². The van der Waals surface area contributed by atoms with Crippen LogP contribution < -0.4 is 14.9 Å². The van der Waals surface area contributed by atoms with Gasteiger partial charge in [0, 0.05) is 14.9 Å². The molecule has 1 aliphatic carbocycles. The Bertz CT molecular complexity index is 1510. The fourth-order valence-electron chi connectivity index (χ4n) is 4.43. The number of aryl methyl sites for hydroxylation is 1. The molecule has 1 atom stereocenters. The van der Waals surface area contributed by atoms with Gasteiger partial charge < -0.3 is 0 Å². The zero-order valence-corrected chi connectivity index (χ0v) is 19.6. The average molecular weight is 505 g/mol. The SMILES string of the molecule is O=c1/c(=C/c2ccc(Br)cc2)sc2n1[C@@H](c1cccs1)C1=C(N=2)c2ccccc2CC1. The molecule has 0 bridgehead atoms. The van der Waals surface area contributed by atoms with E-state index >= 15 is 0 Å². The fraction of sp³-hybridized carbons (Fsp3) is 0.120. The molecule has 0 N–H and O–H groups in total. The number of thiazole rings is 1. The number of rotatable bonds is 2. The first-order valence-corrected chi connectivity index (χ1v) is 12.6. The lowest BCUT2D eigenvalue weighted by molar-refractivity contribution is 0.593. The number of hydrogen-bond acceptors (Lipinski definition) is 4. The van der Waals surface area contributed by atoms with Crippen molar-refractivity contribution in [3.05, 3.63) is 117 Å². The van der Waals surface area contributed by atoms with Crippen molar-refractivity contribution in [2.24, 2.45) is 4.99 Å². The molecule has 152 valence electrons. The fourth-order valence-corrected chi connectivity index (χ4v) is 6.54. The van der Waals surface area contributed by atoms with Crippen LogP contribution in [-0.2, 0) is 6.42 Å². The Labute approximate surface area is 195 Å². The molecule has 1 aliphatic heterocycles. The van der Waals surface area contributed by atoms with E-state index in [4.69, 9.17) is 4.99 Å². The number of thiophene rings is 1. The topological polar surface area (TPSA) is 34.4 Å². The van der Waals surface area contributed by atoms with Gasteiger partial charge in [0.15, 0.2) is 4.80 Å². The van der Waals surface area contributed by atoms with Gasteiger partial charge >= 0.3 is 0 Å². The summed E-state index contributed by atoms with van der Waals surface area (Å²) in [6, 6.07) is 20.7. The maximum atomic E-state index is 13.6. The Morgan fingerprint density at radius 1 is 1.03 bits per heavy atom. The van der Waals surface area contributed by atoms with E-state index in [1.807, 2.05) is 34.9 Å². The summed E-state index contributed by atoms with van der Waals surface area (Å²) in [4.78, 5) is 20.6. The third-order valence-electron chi connectivity index (χ3n) is 5.85. The number of fused-ring (bicyclic) bond motifs is 3. The van der Waals surface area contributed by atoms with Crippen LogP contribution in [0.25, 0.3) is 11.8 Å². The third-order valence-corrected chi connectivity index (χ3v) is 8.29. The van der Waals surface area contributed by atoms with Gasteiger partial charge in [-0.05, 0) is 59.2 Å². The van der Waals surface area contributed by atoms with Gasteiger partial charge in [-0.3, -0.25) is 9.36 Å². The Morgan fingerprint density at radius 3 is 2.68 bits per heavy atom. The van der Waals surface area contributed by atoms with E-state index in [9.17, 15) is 4.79 Å². The first-order valence-electron chi connectivity index (χ1n) is 10.1. The van der Waals surface area contributed by atoms with Gasteiger partial charge in [0.25, 0.3) is 5.56 Å². The molecule has 0 amide bonds. The number of benzene rings is 2. The number of hydrogen-bond donors (Lipinski definition) is 0. The quantitative estimate of drug-likeness (QED) is 0.372. The zero-order valence-electron chi connectivity index (χ0n) is 16.4. The van der Waals surface area contributed by atoms with Gasteiger partial charge in [-0.15, -0.1) is 11.3 Å². The van der Waals surface area contributed by atoms with Gasteiger partial charge in [-0.2, -0.15) is 0 Å². The summed E-state index contributed by atoms with van der Waals surface area (Å²) in [6.07, 6.45) is 3.88. The molecule has 3 heterocycles. The van der Waals surface area contributed by atoms with Crippen molar-refractivity contribution in [3.8, 4) is 0 Å². The van der Waals surface area contributed by atoms with Crippen LogP contribution in [0.5, 0.6) is 0 Å². The monoisotopic (exact) mass is 504 g/mol. The second-order valence-corrected chi connectivity index (χ2v) is 10.6. The standard InChI is InChI=1S/C25H17BrN2OS2/c26-17-10-7-15(8-11-17)14-21-24(29)28-23(20-6-3-13-30-20)19-12-9-16-4-1-2-5-18(16)22(19)27-25(28)31-21/h1-8,10-11,13-14,23H,9,12H2/b21-14-/t23-/m1/s1. The summed E-state index contributed by atoms with van der Waals surface area (Å²) in [5.41, 5.74) is 5.89. The summed E-state index contributed by atoms with van der Waals surface area (Å²) in [5, 5.41) is 2.09. The van der Waals surface area contributed by atoms with Gasteiger partial charge in [0.1, 0.15) is 0 Å². The number of allylic oxidation sites excluding steroid dienone is 1. The molecule has 2 aromatic heterocycles. The molecular formula is C25H17BrN2OS2. The van der Waals surface area contributed by atoms with E-state index in [0.29, 0.717) is 0 Å². The molecule has 0 saturated heterocycles. The van der Waals surface area contributed by atoms with Gasteiger partial charge in [-0.25, -0.2) is 4.99 Å². The summed E-state index contributed by atoms with van der Waals surface area (Å²) in [5.74, 6) is 0. The molecule has 0 saturated carbocycles. The van der Waals surface area contributed by atoms with Crippen molar-refractivity contribution >= 4 is 50.4 Å². The van der Waals surface area contributed by atoms with E-state index < -0.39 is 0 Å². The van der Waals surface area contributed by atoms with E-state index in [2.05, 4.69) is 57.7 Å². The highest BCUT2D eigenvalue weighted by Gasteiger charge is 2.32. The Hall–Kier alpha value is -2.54. The van der Waals surface area contributed by atoms with Crippen molar-refractivity contribution in [2.75, 3.05) is 0 Å². The van der Waals surface area contributed by atoms with E-state index in [0.717, 1.165) is 37.9 Å². The average Bonchev–Trinajstić information content (AvgIpc) is 3.43. The molecule has 4 aromatic rings. The summed E-state index contributed by atoms with van der Waals surface area (Å²) >= 11 is 6.66. The lowest BCUT2D eigenvalue weighted by Gasteiger charge is -2.30. The number of aromatic nitrogens is 1. The minimum atomic E-state index is -0.0772. The first-order chi connectivity index (χ1) is 15.2. The van der Waals surface area contributed by atoms with Crippen LogP contribution in [0.3, 0.4) is 0 Å². The minimum absolute atomic E-state index is 0.0375. The molecule has 6 heteroatoms. The molecule has 2 aliphatic rings. The highest BCUT2D eigenvalue weighted by molar-refractivity contribution is 9.10. The summed E-state index contributed by atoms with van der Waals surface area (Å²) in [7, 11) is 0. The highest BCUT2D eigenvalue weighted by Crippen LogP contribution is 2.42. The van der Waals surface area contributed by atoms with Crippen LogP contribution >= 0.6 is 38.6 Å². The second kappa shape index (κ2) is 7.55. The van der Waals surface area contributed by atoms with Crippen molar-refractivity contribution < 1.29 is 0 Å². The van der Waals surface area contributed by atoms with Crippen molar-refractivity contribution in [1.82, 2.24) is 4.57 Å². The second-order valence-electron chi connectivity index (χ2n) is 7.68. The zero-order chi connectivity index (χ0) is 20.9. The molecular weight excluding hydrogens is 488 g/mol. The molecule has 31 heavy (non-hydrogen) atoms. The lowest BCUT2D eigenvalue weighted by Crippen LogP contribution is -2.38. The Balaban J connectivity index is 1.62. The number of nitrogens with zero attached hydrogens (tertiary/aromatic N) is 2. The van der Waals surface area contributed by atoms with Crippen LogP contribution in [0.2, 0.25) is 0 Å². The third kappa shape index (κ3) is 3.21. The van der Waals surface area contributed by atoms with Crippen molar-refractivity contribution in [3.63, 3.8) is 0 Å². The predicted molar refractivity (Wildman–Crippen MR) is 131 cm³/mol. The van der Waals surface area contributed by atoms with Crippen LogP contribution in [0, 0.1) is 0 Å². The van der Waals surface area contributed by atoms with E-state index in [1.165, 1.54) is 32.9 Å². The van der Waals surface area contributed by atoms with Gasteiger partial charge in [-0.1, -0.05) is 69.7 Å². The predicted octanol–water partition coefficient (Wildman–Crippen LogP) is 5.14. The van der Waals surface area contributed by atoms with Crippen molar-refractivity contribution in [1.29, 1.82) is 0 Å². The van der Waals surface area contributed by atoms with Gasteiger partial charge in [0.2, 0.25) is 0 Å². The largest absolute Gasteiger partial charge is 0.271 e. The minimum Gasteiger partial charge on any atom is -0.271 e. The molecule has 6 rings (SSSR count). The Kier molecular flexibility index (Phi) is 4.67. The highest BCUT2D eigenvalue weighted by atomic mass is 79.9. The molecule has 0 radical (unpaired) electrons. The molecule has 2 aromatic carbocycles. The van der Waals surface area contributed by atoms with Crippen LogP contribution in [0.15, 0.2) is 85.9 Å². The maximum absolute atomic E-state index is 13.6. The molecule has 0 fully saturated rings. The maximum Gasteiger partial charge on any atom is 0.271 e. The van der Waals surface area contributed by atoms with Crippen molar-refractivity contribution in [2.45, 2.75) is 18.9 Å². The van der Waals surface area contributed by atoms with Gasteiger partial charge in [0.05, 0.1) is 16.3 Å².